The molecule has 0 spiro atoms. The van der Waals surface area contributed by atoms with Crippen molar-refractivity contribution < 1.29 is 4.79 Å². The Morgan fingerprint density at radius 1 is 1.58 bits per heavy atom. The van der Waals surface area contributed by atoms with Crippen LogP contribution in [0.3, 0.4) is 0 Å². The lowest BCUT2D eigenvalue weighted by Crippen LogP contribution is -2.43. The molecule has 1 unspecified atom stereocenters. The van der Waals surface area contributed by atoms with Crippen LogP contribution in [-0.2, 0) is 4.79 Å². The molecule has 1 amide bonds. The van der Waals surface area contributed by atoms with E-state index in [1.54, 1.807) is 18.8 Å². The number of carbonyl (C=O) groups excluding carboxylic acids is 1. The summed E-state index contributed by atoms with van der Waals surface area (Å²) in [5.74, 6) is 1.11. The van der Waals surface area contributed by atoms with Crippen molar-refractivity contribution in [2.24, 2.45) is 0 Å². The lowest BCUT2D eigenvalue weighted by atomic mass is 10.2. The van der Waals surface area contributed by atoms with Gasteiger partial charge in [0.05, 0.1) is 6.04 Å². The molecule has 0 aromatic heterocycles. The third-order valence-corrected chi connectivity index (χ3v) is 2.27. The number of rotatable bonds is 6. The first kappa shape index (κ1) is 11.8. The number of amides is 1. The van der Waals surface area contributed by atoms with Gasteiger partial charge in [0.25, 0.3) is 0 Å². The van der Waals surface area contributed by atoms with Crippen LogP contribution in [0.2, 0.25) is 0 Å². The molecule has 2 N–H and O–H groups in total. The summed E-state index contributed by atoms with van der Waals surface area (Å²) in [5.41, 5.74) is 0. The van der Waals surface area contributed by atoms with Gasteiger partial charge in [-0.1, -0.05) is 6.92 Å². The van der Waals surface area contributed by atoms with Crippen molar-refractivity contribution in [2.45, 2.75) is 19.4 Å². The van der Waals surface area contributed by atoms with Gasteiger partial charge in [0.15, 0.2) is 0 Å². The SMILES string of the molecule is CCNC(CCSC)C(=O)NC. The van der Waals surface area contributed by atoms with Gasteiger partial charge in [0.2, 0.25) is 5.91 Å². The number of carbonyl (C=O) groups is 1. The first-order valence-electron chi connectivity index (χ1n) is 4.20. The normalized spacial score (nSPS) is 12.6. The van der Waals surface area contributed by atoms with Crippen LogP contribution in [-0.4, -0.2) is 37.6 Å². The topological polar surface area (TPSA) is 41.1 Å². The Hall–Kier alpha value is -0.220. The maximum atomic E-state index is 11.2. The maximum absolute atomic E-state index is 11.2. The molecule has 3 nitrogen and oxygen atoms in total. The smallest absolute Gasteiger partial charge is 0.236 e. The van der Waals surface area contributed by atoms with Crippen LogP contribution >= 0.6 is 11.8 Å². The third kappa shape index (κ3) is 4.62. The third-order valence-electron chi connectivity index (χ3n) is 1.62. The Morgan fingerprint density at radius 3 is 2.67 bits per heavy atom. The maximum Gasteiger partial charge on any atom is 0.236 e. The molecule has 12 heavy (non-hydrogen) atoms. The van der Waals surface area contributed by atoms with Gasteiger partial charge >= 0.3 is 0 Å². The molecule has 0 rings (SSSR count). The molecule has 0 aliphatic heterocycles. The number of thioether (sulfide) groups is 1. The van der Waals surface area contributed by atoms with E-state index in [0.717, 1.165) is 18.7 Å². The quantitative estimate of drug-likeness (QED) is 0.639. The van der Waals surface area contributed by atoms with Gasteiger partial charge in [-0.05, 0) is 25.0 Å². The van der Waals surface area contributed by atoms with Gasteiger partial charge in [0, 0.05) is 7.05 Å². The summed E-state index contributed by atoms with van der Waals surface area (Å²) in [4.78, 5) is 11.2. The van der Waals surface area contributed by atoms with E-state index in [0.29, 0.717) is 0 Å². The monoisotopic (exact) mass is 190 g/mol. The van der Waals surface area contributed by atoms with E-state index < -0.39 is 0 Å². The van der Waals surface area contributed by atoms with Crippen LogP contribution in [0.5, 0.6) is 0 Å². The Labute approximate surface area is 78.7 Å². The summed E-state index contributed by atoms with van der Waals surface area (Å²) in [6.07, 6.45) is 2.95. The van der Waals surface area contributed by atoms with Crippen LogP contribution < -0.4 is 10.6 Å². The molecule has 0 bridgehead atoms. The van der Waals surface area contributed by atoms with Crippen molar-refractivity contribution in [1.29, 1.82) is 0 Å². The molecular weight excluding hydrogens is 172 g/mol. The fourth-order valence-corrected chi connectivity index (χ4v) is 1.45. The summed E-state index contributed by atoms with van der Waals surface area (Å²) in [5, 5.41) is 5.79. The minimum absolute atomic E-state index is 0.0209. The molecule has 0 saturated carbocycles. The van der Waals surface area contributed by atoms with E-state index in [4.69, 9.17) is 0 Å². The number of hydrogen-bond donors (Lipinski definition) is 2. The fraction of sp³-hybridized carbons (Fsp3) is 0.875. The van der Waals surface area contributed by atoms with Gasteiger partial charge in [-0.2, -0.15) is 11.8 Å². The highest BCUT2D eigenvalue weighted by molar-refractivity contribution is 7.98. The predicted molar refractivity (Wildman–Crippen MR) is 54.5 cm³/mol. The van der Waals surface area contributed by atoms with Gasteiger partial charge in [-0.3, -0.25) is 4.79 Å². The summed E-state index contributed by atoms with van der Waals surface area (Å²) >= 11 is 1.76. The number of hydrogen-bond acceptors (Lipinski definition) is 3. The van der Waals surface area contributed by atoms with Gasteiger partial charge < -0.3 is 10.6 Å². The van der Waals surface area contributed by atoms with E-state index >= 15 is 0 Å². The van der Waals surface area contributed by atoms with Crippen LogP contribution in [0, 0.1) is 0 Å². The highest BCUT2D eigenvalue weighted by Gasteiger charge is 2.14. The van der Waals surface area contributed by atoms with Crippen LogP contribution in [0.1, 0.15) is 13.3 Å². The lowest BCUT2D eigenvalue weighted by Gasteiger charge is -2.14. The summed E-state index contributed by atoms with van der Waals surface area (Å²) < 4.78 is 0. The lowest BCUT2D eigenvalue weighted by molar-refractivity contribution is -0.122. The van der Waals surface area contributed by atoms with E-state index in [1.807, 2.05) is 13.2 Å². The number of nitrogens with one attached hydrogen (secondary N) is 2. The predicted octanol–water partition coefficient (Wildman–Crippen LogP) is 0.464. The highest BCUT2D eigenvalue weighted by atomic mass is 32.2. The van der Waals surface area contributed by atoms with Crippen molar-refractivity contribution in [3.05, 3.63) is 0 Å². The Kier molecular flexibility index (Phi) is 7.29. The van der Waals surface area contributed by atoms with Crippen molar-refractivity contribution in [3.63, 3.8) is 0 Å². The molecule has 0 aliphatic carbocycles. The highest BCUT2D eigenvalue weighted by Crippen LogP contribution is 2.00. The molecule has 0 radical (unpaired) electrons. The molecule has 0 saturated heterocycles. The van der Waals surface area contributed by atoms with E-state index in [-0.39, 0.29) is 11.9 Å². The van der Waals surface area contributed by atoms with Gasteiger partial charge in [-0.15, -0.1) is 0 Å². The van der Waals surface area contributed by atoms with Crippen molar-refractivity contribution in [2.75, 3.05) is 25.6 Å². The second-order valence-electron chi connectivity index (χ2n) is 2.51. The van der Waals surface area contributed by atoms with Crippen LogP contribution in [0.25, 0.3) is 0 Å². The van der Waals surface area contributed by atoms with Crippen molar-refractivity contribution in [3.8, 4) is 0 Å². The molecule has 0 aliphatic rings. The molecule has 4 heteroatoms. The molecule has 1 atom stereocenters. The fourth-order valence-electron chi connectivity index (χ4n) is 0.982. The Bertz CT molecular complexity index is 130. The summed E-state index contributed by atoms with van der Waals surface area (Å²) in [6, 6.07) is -0.0209. The summed E-state index contributed by atoms with van der Waals surface area (Å²) in [6.45, 7) is 2.85. The molecule has 0 fully saturated rings. The molecule has 0 heterocycles. The van der Waals surface area contributed by atoms with Crippen LogP contribution in [0.4, 0.5) is 0 Å². The molecular formula is C8H18N2OS. The molecule has 0 aromatic carbocycles. The second kappa shape index (κ2) is 7.43. The average Bonchev–Trinajstić information content (AvgIpc) is 2.11. The van der Waals surface area contributed by atoms with Crippen molar-refractivity contribution >= 4 is 17.7 Å². The average molecular weight is 190 g/mol. The minimum atomic E-state index is -0.0209. The summed E-state index contributed by atoms with van der Waals surface area (Å²) in [7, 11) is 1.67. The zero-order valence-electron chi connectivity index (χ0n) is 8.02. The van der Waals surface area contributed by atoms with Gasteiger partial charge in [0.1, 0.15) is 0 Å². The van der Waals surface area contributed by atoms with Crippen molar-refractivity contribution in [1.82, 2.24) is 10.6 Å². The zero-order valence-corrected chi connectivity index (χ0v) is 8.83. The Morgan fingerprint density at radius 2 is 2.25 bits per heavy atom. The Balaban J connectivity index is 3.76. The minimum Gasteiger partial charge on any atom is -0.358 e. The standard InChI is InChI=1S/C8H18N2OS/c1-4-10-7(5-6-12-3)8(11)9-2/h7,10H,4-6H2,1-3H3,(H,9,11). The second-order valence-corrected chi connectivity index (χ2v) is 3.49. The largest absolute Gasteiger partial charge is 0.358 e. The van der Waals surface area contributed by atoms with E-state index in [1.165, 1.54) is 0 Å². The number of likely N-dealkylation sites (N-methyl/N-ethyl adjacent to an activating group) is 2. The first-order chi connectivity index (χ1) is 5.76. The van der Waals surface area contributed by atoms with Gasteiger partial charge in [-0.25, -0.2) is 0 Å². The van der Waals surface area contributed by atoms with E-state index in [9.17, 15) is 4.79 Å². The molecule has 72 valence electrons. The molecule has 0 aromatic rings. The first-order valence-corrected chi connectivity index (χ1v) is 5.59. The zero-order chi connectivity index (χ0) is 9.40. The van der Waals surface area contributed by atoms with E-state index in [2.05, 4.69) is 10.6 Å². The van der Waals surface area contributed by atoms with Crippen LogP contribution in [0.15, 0.2) is 0 Å².